The van der Waals surface area contributed by atoms with Crippen molar-refractivity contribution in [2.24, 2.45) is 0 Å². The fourth-order valence-corrected chi connectivity index (χ4v) is 3.89. The van der Waals surface area contributed by atoms with Gasteiger partial charge in [-0.25, -0.2) is 0 Å². The van der Waals surface area contributed by atoms with Crippen molar-refractivity contribution in [2.45, 2.75) is 44.8 Å². The minimum atomic E-state index is 0.650. The summed E-state index contributed by atoms with van der Waals surface area (Å²) in [6.07, 6.45) is 5.61. The molecule has 3 heteroatoms. The first-order valence-corrected chi connectivity index (χ1v) is 9.59. The molecule has 3 rings (SSSR count). The molecule has 0 aliphatic heterocycles. The molecule has 2 aromatic rings. The number of rotatable bonds is 7. The lowest BCUT2D eigenvalue weighted by atomic mass is 9.85. The highest BCUT2D eigenvalue weighted by Gasteiger charge is 2.22. The van der Waals surface area contributed by atoms with E-state index in [4.69, 9.17) is 16.3 Å². The van der Waals surface area contributed by atoms with E-state index in [1.54, 1.807) is 0 Å². The van der Waals surface area contributed by atoms with E-state index < -0.39 is 0 Å². The van der Waals surface area contributed by atoms with Gasteiger partial charge in [-0.1, -0.05) is 41.9 Å². The molecule has 0 N–H and O–H groups in total. The zero-order valence-corrected chi connectivity index (χ0v) is 16.1. The van der Waals surface area contributed by atoms with E-state index in [2.05, 4.69) is 43.3 Å². The van der Waals surface area contributed by atoms with E-state index in [0.717, 1.165) is 37.5 Å². The molecule has 0 aromatic heterocycles. The maximum atomic E-state index is 6.03. The summed E-state index contributed by atoms with van der Waals surface area (Å²) in [5, 5.41) is 0.810. The van der Waals surface area contributed by atoms with Crippen LogP contribution >= 0.6 is 11.6 Å². The lowest BCUT2D eigenvalue weighted by Crippen LogP contribution is -2.34. The van der Waals surface area contributed by atoms with Crippen LogP contribution in [0.3, 0.4) is 0 Å². The van der Waals surface area contributed by atoms with Crippen molar-refractivity contribution in [2.75, 3.05) is 20.7 Å². The fraction of sp³-hybridized carbons (Fsp3) is 0.455. The van der Waals surface area contributed by atoms with Crippen molar-refractivity contribution < 1.29 is 4.74 Å². The molecule has 0 radical (unpaired) electrons. The van der Waals surface area contributed by atoms with Crippen molar-refractivity contribution in [3.05, 3.63) is 69.7 Å². The average molecular weight is 358 g/mol. The predicted octanol–water partition coefficient (Wildman–Crippen LogP) is 4.91. The third-order valence-corrected chi connectivity index (χ3v) is 5.42. The second-order valence-electron chi connectivity index (χ2n) is 7.20. The Kier molecular flexibility index (Phi) is 6.52. The first-order valence-electron chi connectivity index (χ1n) is 9.22. The van der Waals surface area contributed by atoms with Crippen LogP contribution in [0.2, 0.25) is 5.02 Å². The average Bonchev–Trinajstić information content (AvgIpc) is 2.61. The second-order valence-corrected chi connectivity index (χ2v) is 7.64. The van der Waals surface area contributed by atoms with Gasteiger partial charge in [0.25, 0.3) is 0 Å². The fourth-order valence-electron chi connectivity index (χ4n) is 3.67. The number of nitrogens with zero attached hydrogens (tertiary/aromatic N) is 1. The Labute approximate surface area is 156 Å². The van der Waals surface area contributed by atoms with Crippen LogP contribution in [0.1, 0.15) is 35.1 Å². The van der Waals surface area contributed by atoms with E-state index in [1.807, 2.05) is 18.2 Å². The maximum absolute atomic E-state index is 6.03. The van der Waals surface area contributed by atoms with Crippen LogP contribution in [0.5, 0.6) is 0 Å². The SMILES string of the molecule is CN(C)C1CCc2cccc(COCCCc3cccc(Cl)c3)c2C1. The van der Waals surface area contributed by atoms with Gasteiger partial charge in [0.2, 0.25) is 0 Å². The lowest BCUT2D eigenvalue weighted by Gasteiger charge is -2.31. The second kappa shape index (κ2) is 8.84. The Morgan fingerprint density at radius 2 is 2.00 bits per heavy atom. The molecular weight excluding hydrogens is 330 g/mol. The summed E-state index contributed by atoms with van der Waals surface area (Å²) in [7, 11) is 4.37. The van der Waals surface area contributed by atoms with Crippen molar-refractivity contribution in [1.29, 1.82) is 0 Å². The molecule has 0 spiro atoms. The van der Waals surface area contributed by atoms with Gasteiger partial charge in [-0.05, 0) is 80.6 Å². The molecule has 25 heavy (non-hydrogen) atoms. The molecule has 0 saturated heterocycles. The smallest absolute Gasteiger partial charge is 0.0719 e. The third-order valence-electron chi connectivity index (χ3n) is 5.19. The molecule has 0 heterocycles. The van der Waals surface area contributed by atoms with Crippen molar-refractivity contribution >= 4 is 11.6 Å². The zero-order chi connectivity index (χ0) is 17.6. The molecular formula is C22H28ClNO. The zero-order valence-electron chi connectivity index (χ0n) is 15.3. The highest BCUT2D eigenvalue weighted by Crippen LogP contribution is 2.27. The molecule has 1 atom stereocenters. The Balaban J connectivity index is 1.50. The van der Waals surface area contributed by atoms with Crippen LogP contribution in [-0.2, 0) is 30.6 Å². The van der Waals surface area contributed by atoms with Gasteiger partial charge in [0.1, 0.15) is 0 Å². The summed E-state index contributed by atoms with van der Waals surface area (Å²) in [4.78, 5) is 2.35. The molecule has 0 saturated carbocycles. The van der Waals surface area contributed by atoms with E-state index in [1.165, 1.54) is 35.1 Å². The number of hydrogen-bond donors (Lipinski definition) is 0. The lowest BCUT2D eigenvalue weighted by molar-refractivity contribution is 0.117. The minimum absolute atomic E-state index is 0.650. The van der Waals surface area contributed by atoms with Gasteiger partial charge in [0.15, 0.2) is 0 Å². The number of likely N-dealkylation sites (N-methyl/N-ethyl adjacent to an activating group) is 1. The number of halogens is 1. The number of hydrogen-bond acceptors (Lipinski definition) is 2. The quantitative estimate of drug-likeness (QED) is 0.653. The van der Waals surface area contributed by atoms with Crippen LogP contribution < -0.4 is 0 Å². The molecule has 1 aliphatic rings. The highest BCUT2D eigenvalue weighted by molar-refractivity contribution is 6.30. The van der Waals surface area contributed by atoms with Crippen LogP contribution in [0.15, 0.2) is 42.5 Å². The molecule has 134 valence electrons. The first-order chi connectivity index (χ1) is 12.1. The number of aryl methyl sites for hydroxylation is 2. The van der Waals surface area contributed by atoms with Crippen LogP contribution in [0.25, 0.3) is 0 Å². The summed E-state index contributed by atoms with van der Waals surface area (Å²) in [6.45, 7) is 1.51. The van der Waals surface area contributed by atoms with Gasteiger partial charge in [-0.2, -0.15) is 0 Å². The molecule has 0 amide bonds. The Morgan fingerprint density at radius 3 is 2.80 bits per heavy atom. The third kappa shape index (κ3) is 5.07. The summed E-state index contributed by atoms with van der Waals surface area (Å²) in [5.41, 5.74) is 5.68. The standard InChI is InChI=1S/C22H28ClNO/c1-24(2)21-12-11-18-8-4-9-19(22(18)15-21)16-25-13-5-7-17-6-3-10-20(23)14-17/h3-4,6,8-10,14,21H,5,7,11-13,15-16H2,1-2H3. The maximum Gasteiger partial charge on any atom is 0.0719 e. The summed E-state index contributed by atoms with van der Waals surface area (Å²) in [5.74, 6) is 0. The molecule has 0 fully saturated rings. The topological polar surface area (TPSA) is 12.5 Å². The van der Waals surface area contributed by atoms with Gasteiger partial charge in [-0.3, -0.25) is 0 Å². The minimum Gasteiger partial charge on any atom is -0.377 e. The highest BCUT2D eigenvalue weighted by atomic mass is 35.5. The predicted molar refractivity (Wildman–Crippen MR) is 105 cm³/mol. The van der Waals surface area contributed by atoms with Crippen LogP contribution in [-0.4, -0.2) is 31.6 Å². The monoisotopic (exact) mass is 357 g/mol. The summed E-state index contributed by atoms with van der Waals surface area (Å²) < 4.78 is 5.99. The molecule has 2 nitrogen and oxygen atoms in total. The van der Waals surface area contributed by atoms with E-state index in [9.17, 15) is 0 Å². The van der Waals surface area contributed by atoms with E-state index in [0.29, 0.717) is 6.04 Å². The van der Waals surface area contributed by atoms with E-state index >= 15 is 0 Å². The Hall–Kier alpha value is -1.35. The van der Waals surface area contributed by atoms with Crippen molar-refractivity contribution in [3.8, 4) is 0 Å². The van der Waals surface area contributed by atoms with Gasteiger partial charge in [-0.15, -0.1) is 0 Å². The largest absolute Gasteiger partial charge is 0.377 e. The number of fused-ring (bicyclic) bond motifs is 1. The Morgan fingerprint density at radius 1 is 1.16 bits per heavy atom. The van der Waals surface area contributed by atoms with Crippen molar-refractivity contribution in [1.82, 2.24) is 4.90 Å². The van der Waals surface area contributed by atoms with Crippen LogP contribution in [0, 0.1) is 0 Å². The van der Waals surface area contributed by atoms with Gasteiger partial charge < -0.3 is 9.64 Å². The van der Waals surface area contributed by atoms with Crippen molar-refractivity contribution in [3.63, 3.8) is 0 Å². The van der Waals surface area contributed by atoms with Gasteiger partial charge >= 0.3 is 0 Å². The van der Waals surface area contributed by atoms with E-state index in [-0.39, 0.29) is 0 Å². The Bertz CT molecular complexity index is 698. The summed E-state index contributed by atoms with van der Waals surface area (Å²) >= 11 is 6.03. The number of benzene rings is 2. The number of ether oxygens (including phenoxy) is 1. The van der Waals surface area contributed by atoms with Gasteiger partial charge in [0.05, 0.1) is 6.61 Å². The molecule has 2 aromatic carbocycles. The molecule has 0 bridgehead atoms. The molecule has 1 unspecified atom stereocenters. The normalized spacial score (nSPS) is 16.9. The summed E-state index contributed by atoms with van der Waals surface area (Å²) in [6, 6.07) is 15.4. The van der Waals surface area contributed by atoms with Gasteiger partial charge in [0, 0.05) is 17.7 Å². The molecule has 1 aliphatic carbocycles. The van der Waals surface area contributed by atoms with Crippen LogP contribution in [0.4, 0.5) is 0 Å². The first kappa shape index (κ1) is 18.4.